The molecule has 1 N–H and O–H groups in total. The van der Waals surface area contributed by atoms with Crippen LogP contribution >= 0.6 is 0 Å². The zero-order valence-electron chi connectivity index (χ0n) is 12.1. The first kappa shape index (κ1) is 13.6. The molecule has 1 aromatic carbocycles. The lowest BCUT2D eigenvalue weighted by Crippen LogP contribution is -2.32. The highest BCUT2D eigenvalue weighted by molar-refractivity contribution is 5.30. The molecule has 1 atom stereocenters. The maximum atomic E-state index is 3.73. The molecule has 1 aromatic rings. The van der Waals surface area contributed by atoms with Gasteiger partial charge in [-0.1, -0.05) is 30.7 Å². The molecule has 1 fully saturated rings. The van der Waals surface area contributed by atoms with Gasteiger partial charge in [-0.25, -0.2) is 0 Å². The quantitative estimate of drug-likeness (QED) is 0.765. The summed E-state index contributed by atoms with van der Waals surface area (Å²) >= 11 is 0. The number of hydrogen-bond donors (Lipinski definition) is 1. The summed E-state index contributed by atoms with van der Waals surface area (Å²) in [6.07, 6.45) is 6.65. The van der Waals surface area contributed by atoms with E-state index in [9.17, 15) is 0 Å². The summed E-state index contributed by atoms with van der Waals surface area (Å²) in [5, 5.41) is 3.73. The number of nitrogens with one attached hydrogen (secondary N) is 1. The third-order valence-corrected chi connectivity index (χ3v) is 4.07. The summed E-state index contributed by atoms with van der Waals surface area (Å²) in [5.41, 5.74) is 4.36. The largest absolute Gasteiger partial charge is 0.314 e. The van der Waals surface area contributed by atoms with E-state index >= 15 is 0 Å². The molecular weight excluding hydrogens is 218 g/mol. The van der Waals surface area contributed by atoms with Crippen LogP contribution in [-0.2, 0) is 6.42 Å². The van der Waals surface area contributed by atoms with E-state index in [1.807, 2.05) is 0 Å². The lowest BCUT2D eigenvalue weighted by atomic mass is 9.97. The van der Waals surface area contributed by atoms with Gasteiger partial charge in [0.05, 0.1) is 0 Å². The van der Waals surface area contributed by atoms with Crippen LogP contribution in [0.2, 0.25) is 0 Å². The molecule has 0 spiro atoms. The van der Waals surface area contributed by atoms with Crippen molar-refractivity contribution in [2.75, 3.05) is 6.54 Å². The van der Waals surface area contributed by atoms with Gasteiger partial charge in [-0.3, -0.25) is 0 Å². The second-order valence-electron chi connectivity index (χ2n) is 5.87. The van der Waals surface area contributed by atoms with Crippen LogP contribution in [-0.4, -0.2) is 12.6 Å². The lowest BCUT2D eigenvalue weighted by molar-refractivity contribution is 0.435. The molecule has 2 rings (SSSR count). The summed E-state index contributed by atoms with van der Waals surface area (Å²) in [5.74, 6) is 0.960. The molecule has 1 unspecified atom stereocenters. The fourth-order valence-electron chi connectivity index (χ4n) is 2.77. The molecule has 0 amide bonds. The van der Waals surface area contributed by atoms with Crippen LogP contribution in [0.15, 0.2) is 18.2 Å². The molecule has 0 aliphatic heterocycles. The molecule has 0 bridgehead atoms. The zero-order chi connectivity index (χ0) is 13.0. The molecule has 18 heavy (non-hydrogen) atoms. The molecule has 0 aromatic heterocycles. The second kappa shape index (κ2) is 6.38. The lowest BCUT2D eigenvalue weighted by Gasteiger charge is -2.18. The first-order valence-electron chi connectivity index (χ1n) is 7.50. The Labute approximate surface area is 112 Å². The molecule has 1 nitrogen and oxygen atoms in total. The van der Waals surface area contributed by atoms with Gasteiger partial charge in [-0.05, 0) is 69.5 Å². The molecule has 1 saturated carbocycles. The van der Waals surface area contributed by atoms with E-state index in [0.29, 0.717) is 0 Å². The van der Waals surface area contributed by atoms with E-state index in [1.165, 1.54) is 55.3 Å². The van der Waals surface area contributed by atoms with Crippen molar-refractivity contribution >= 4 is 0 Å². The van der Waals surface area contributed by atoms with Crippen molar-refractivity contribution in [2.24, 2.45) is 5.92 Å². The van der Waals surface area contributed by atoms with E-state index in [4.69, 9.17) is 0 Å². The number of rotatable bonds is 7. The van der Waals surface area contributed by atoms with Crippen molar-refractivity contribution < 1.29 is 0 Å². The summed E-state index contributed by atoms with van der Waals surface area (Å²) in [6, 6.07) is 7.62. The van der Waals surface area contributed by atoms with Gasteiger partial charge in [0.2, 0.25) is 0 Å². The van der Waals surface area contributed by atoms with Crippen molar-refractivity contribution in [3.05, 3.63) is 34.9 Å². The zero-order valence-corrected chi connectivity index (χ0v) is 12.1. The normalized spacial score (nSPS) is 16.8. The summed E-state index contributed by atoms with van der Waals surface area (Å²) < 4.78 is 0. The van der Waals surface area contributed by atoms with E-state index in [-0.39, 0.29) is 0 Å². The van der Waals surface area contributed by atoms with Crippen LogP contribution in [0, 0.1) is 19.8 Å². The Morgan fingerprint density at radius 1 is 1.28 bits per heavy atom. The molecule has 1 aliphatic rings. The first-order chi connectivity index (χ1) is 8.70. The van der Waals surface area contributed by atoms with Crippen LogP contribution in [0.25, 0.3) is 0 Å². The molecular formula is C17H27N. The van der Waals surface area contributed by atoms with Crippen LogP contribution in [0.1, 0.15) is 49.3 Å². The van der Waals surface area contributed by atoms with Gasteiger partial charge in [0.25, 0.3) is 0 Å². The minimum Gasteiger partial charge on any atom is -0.314 e. The third kappa shape index (κ3) is 3.84. The van der Waals surface area contributed by atoms with Crippen molar-refractivity contribution in [2.45, 2.75) is 58.9 Å². The molecule has 0 saturated heterocycles. The Kier molecular flexibility index (Phi) is 4.82. The topological polar surface area (TPSA) is 12.0 Å². The summed E-state index contributed by atoms with van der Waals surface area (Å²) in [6.45, 7) is 7.84. The highest BCUT2D eigenvalue weighted by Crippen LogP contribution is 2.34. The van der Waals surface area contributed by atoms with Gasteiger partial charge in [0.15, 0.2) is 0 Å². The molecule has 1 heteroatoms. The minimum atomic E-state index is 0.755. The molecule has 0 heterocycles. The number of benzene rings is 1. The predicted octanol–water partition coefficient (Wildman–Crippen LogP) is 4.01. The summed E-state index contributed by atoms with van der Waals surface area (Å²) in [4.78, 5) is 0. The average Bonchev–Trinajstić information content (AvgIpc) is 3.15. The first-order valence-corrected chi connectivity index (χ1v) is 7.50. The van der Waals surface area contributed by atoms with E-state index in [0.717, 1.165) is 12.0 Å². The maximum Gasteiger partial charge on any atom is 0.00984 e. The third-order valence-electron chi connectivity index (χ3n) is 4.07. The van der Waals surface area contributed by atoms with Crippen LogP contribution in [0.4, 0.5) is 0 Å². The van der Waals surface area contributed by atoms with Gasteiger partial charge in [0, 0.05) is 6.04 Å². The Balaban J connectivity index is 1.88. The van der Waals surface area contributed by atoms with E-state index < -0.39 is 0 Å². The maximum absolute atomic E-state index is 3.73. The molecule has 0 radical (unpaired) electrons. The SMILES string of the molecule is CCCNC(CCc1ccc(C)cc1C)C1CC1. The van der Waals surface area contributed by atoms with E-state index in [2.05, 4.69) is 44.3 Å². The fourth-order valence-corrected chi connectivity index (χ4v) is 2.77. The fraction of sp³-hybridized carbons (Fsp3) is 0.647. The Morgan fingerprint density at radius 2 is 2.06 bits per heavy atom. The Morgan fingerprint density at radius 3 is 2.67 bits per heavy atom. The highest BCUT2D eigenvalue weighted by atomic mass is 14.9. The van der Waals surface area contributed by atoms with Crippen LogP contribution in [0.3, 0.4) is 0 Å². The van der Waals surface area contributed by atoms with Crippen molar-refractivity contribution in [1.29, 1.82) is 0 Å². The molecule has 100 valence electrons. The standard InChI is InChI=1S/C17H27N/c1-4-11-18-17(16-7-8-16)10-9-15-6-5-13(2)12-14(15)3/h5-6,12,16-18H,4,7-11H2,1-3H3. The van der Waals surface area contributed by atoms with Crippen molar-refractivity contribution in [3.8, 4) is 0 Å². The minimum absolute atomic E-state index is 0.755. The van der Waals surface area contributed by atoms with Gasteiger partial charge >= 0.3 is 0 Å². The summed E-state index contributed by atoms with van der Waals surface area (Å²) in [7, 11) is 0. The van der Waals surface area contributed by atoms with Crippen LogP contribution < -0.4 is 5.32 Å². The van der Waals surface area contributed by atoms with Crippen molar-refractivity contribution in [3.63, 3.8) is 0 Å². The predicted molar refractivity (Wildman–Crippen MR) is 79.0 cm³/mol. The Bertz CT molecular complexity index is 379. The number of hydrogen-bond acceptors (Lipinski definition) is 1. The number of aryl methyl sites for hydroxylation is 3. The smallest absolute Gasteiger partial charge is 0.00984 e. The van der Waals surface area contributed by atoms with Gasteiger partial charge < -0.3 is 5.32 Å². The van der Waals surface area contributed by atoms with Crippen molar-refractivity contribution in [1.82, 2.24) is 5.32 Å². The highest BCUT2D eigenvalue weighted by Gasteiger charge is 2.30. The average molecular weight is 245 g/mol. The monoisotopic (exact) mass is 245 g/mol. The van der Waals surface area contributed by atoms with Gasteiger partial charge in [-0.2, -0.15) is 0 Å². The Hall–Kier alpha value is -0.820. The van der Waals surface area contributed by atoms with Gasteiger partial charge in [0.1, 0.15) is 0 Å². The van der Waals surface area contributed by atoms with Gasteiger partial charge in [-0.15, -0.1) is 0 Å². The molecule has 1 aliphatic carbocycles. The van der Waals surface area contributed by atoms with E-state index in [1.54, 1.807) is 0 Å². The second-order valence-corrected chi connectivity index (χ2v) is 5.87. The van der Waals surface area contributed by atoms with Crippen LogP contribution in [0.5, 0.6) is 0 Å².